The summed E-state index contributed by atoms with van der Waals surface area (Å²) in [5.74, 6) is 0.392. The van der Waals surface area contributed by atoms with E-state index >= 15 is 0 Å². The zero-order chi connectivity index (χ0) is 22.0. The maximum Gasteiger partial charge on any atom is 0.264 e. The summed E-state index contributed by atoms with van der Waals surface area (Å²) in [6.45, 7) is 1.86. The predicted octanol–water partition coefficient (Wildman–Crippen LogP) is 3.07. The number of ether oxygens (including phenoxy) is 1. The van der Waals surface area contributed by atoms with Crippen LogP contribution < -0.4 is 15.6 Å². The molecular formula is C22H20FN5O3. The molecular weight excluding hydrogens is 401 g/mol. The molecule has 4 aromatic rings. The average Bonchev–Trinajstić information content (AvgIpc) is 3.18. The van der Waals surface area contributed by atoms with Crippen molar-refractivity contribution in [3.8, 4) is 11.4 Å². The Bertz CT molecular complexity index is 1310. The maximum atomic E-state index is 13.2. The first kappa shape index (κ1) is 20.3. The highest BCUT2D eigenvalue weighted by molar-refractivity contribution is 5.92. The third kappa shape index (κ3) is 4.02. The summed E-state index contributed by atoms with van der Waals surface area (Å²) >= 11 is 0. The topological polar surface area (TPSA) is 91.0 Å². The highest BCUT2D eigenvalue weighted by atomic mass is 19.1. The SMILES string of the molecule is COc1ccccc1NC(=O)CCn1c(C)nc2c(cnn2-c2ccc(F)cc2)c1=O. The number of nitrogens with one attached hydrogen (secondary N) is 1. The molecule has 2 aromatic carbocycles. The largest absolute Gasteiger partial charge is 0.495 e. The number of rotatable bonds is 6. The lowest BCUT2D eigenvalue weighted by Crippen LogP contribution is -2.26. The summed E-state index contributed by atoms with van der Waals surface area (Å²) in [5, 5.41) is 7.34. The van der Waals surface area contributed by atoms with E-state index in [2.05, 4.69) is 15.4 Å². The zero-order valence-electron chi connectivity index (χ0n) is 17.0. The van der Waals surface area contributed by atoms with E-state index in [0.29, 0.717) is 34.0 Å². The Balaban J connectivity index is 1.57. The molecule has 0 aliphatic heterocycles. The van der Waals surface area contributed by atoms with Gasteiger partial charge in [-0.25, -0.2) is 14.1 Å². The first-order chi connectivity index (χ1) is 15.0. The molecule has 2 heterocycles. The van der Waals surface area contributed by atoms with Crippen LogP contribution in [0.1, 0.15) is 12.2 Å². The van der Waals surface area contributed by atoms with Gasteiger partial charge in [-0.15, -0.1) is 0 Å². The molecule has 4 rings (SSSR count). The molecule has 0 aliphatic rings. The van der Waals surface area contributed by atoms with Crippen LogP contribution in [-0.4, -0.2) is 32.3 Å². The molecule has 0 spiro atoms. The van der Waals surface area contributed by atoms with Crippen LogP contribution >= 0.6 is 0 Å². The van der Waals surface area contributed by atoms with Gasteiger partial charge in [0.05, 0.1) is 24.7 Å². The van der Waals surface area contributed by atoms with E-state index in [1.165, 1.54) is 34.7 Å². The molecule has 0 fully saturated rings. The Morgan fingerprint density at radius 1 is 1.16 bits per heavy atom. The van der Waals surface area contributed by atoms with E-state index in [0.717, 1.165) is 0 Å². The van der Waals surface area contributed by atoms with Crippen LogP contribution in [0.15, 0.2) is 59.5 Å². The van der Waals surface area contributed by atoms with Gasteiger partial charge in [0.25, 0.3) is 5.56 Å². The molecule has 0 saturated heterocycles. The number of benzene rings is 2. The Hall–Kier alpha value is -4.01. The van der Waals surface area contributed by atoms with Gasteiger partial charge in [-0.2, -0.15) is 5.10 Å². The van der Waals surface area contributed by atoms with Gasteiger partial charge in [-0.3, -0.25) is 14.2 Å². The molecule has 9 heteroatoms. The molecule has 0 aliphatic carbocycles. The number of nitrogens with zero attached hydrogens (tertiary/aromatic N) is 4. The molecule has 1 N–H and O–H groups in total. The quantitative estimate of drug-likeness (QED) is 0.517. The van der Waals surface area contributed by atoms with Crippen molar-refractivity contribution in [3.63, 3.8) is 0 Å². The number of carbonyl (C=O) groups excluding carboxylic acids is 1. The Kier molecular flexibility index (Phi) is 5.48. The van der Waals surface area contributed by atoms with Gasteiger partial charge >= 0.3 is 0 Å². The number of fused-ring (bicyclic) bond motifs is 1. The van der Waals surface area contributed by atoms with Gasteiger partial charge in [-0.05, 0) is 43.3 Å². The lowest BCUT2D eigenvalue weighted by atomic mass is 10.2. The minimum Gasteiger partial charge on any atom is -0.495 e. The van der Waals surface area contributed by atoms with Gasteiger partial charge < -0.3 is 10.1 Å². The fraction of sp³-hybridized carbons (Fsp3) is 0.182. The van der Waals surface area contributed by atoms with Gasteiger partial charge in [0.2, 0.25) is 5.91 Å². The fourth-order valence-electron chi connectivity index (χ4n) is 3.31. The third-order valence-corrected chi connectivity index (χ3v) is 4.89. The number of hydrogen-bond acceptors (Lipinski definition) is 5. The first-order valence-electron chi connectivity index (χ1n) is 9.62. The Morgan fingerprint density at radius 2 is 1.90 bits per heavy atom. The van der Waals surface area contributed by atoms with Gasteiger partial charge in [0, 0.05) is 13.0 Å². The number of aryl methyl sites for hydroxylation is 1. The molecule has 0 radical (unpaired) electrons. The van der Waals surface area contributed by atoms with Crippen LogP contribution in [0.4, 0.5) is 10.1 Å². The predicted molar refractivity (Wildman–Crippen MR) is 114 cm³/mol. The molecule has 8 nitrogen and oxygen atoms in total. The normalized spacial score (nSPS) is 10.9. The summed E-state index contributed by atoms with van der Waals surface area (Å²) in [6, 6.07) is 12.9. The first-order valence-corrected chi connectivity index (χ1v) is 9.62. The number of halogens is 1. The van der Waals surface area contributed by atoms with E-state index in [-0.39, 0.29) is 30.2 Å². The van der Waals surface area contributed by atoms with Crippen molar-refractivity contribution >= 4 is 22.6 Å². The number of para-hydroxylation sites is 2. The molecule has 0 atom stereocenters. The van der Waals surface area contributed by atoms with Crippen LogP contribution in [0.2, 0.25) is 0 Å². The summed E-state index contributed by atoms with van der Waals surface area (Å²) in [6.07, 6.45) is 1.51. The van der Waals surface area contributed by atoms with Crippen molar-refractivity contribution < 1.29 is 13.9 Å². The van der Waals surface area contributed by atoms with Gasteiger partial charge in [-0.1, -0.05) is 12.1 Å². The minimum absolute atomic E-state index is 0.0814. The van der Waals surface area contributed by atoms with Crippen molar-refractivity contribution in [2.75, 3.05) is 12.4 Å². The van der Waals surface area contributed by atoms with Crippen LogP contribution in [0.5, 0.6) is 5.75 Å². The van der Waals surface area contributed by atoms with Gasteiger partial charge in [0.1, 0.15) is 22.8 Å². The van der Waals surface area contributed by atoms with Crippen molar-refractivity contribution in [1.82, 2.24) is 19.3 Å². The van der Waals surface area contributed by atoms with Crippen molar-refractivity contribution in [3.05, 3.63) is 76.7 Å². The molecule has 31 heavy (non-hydrogen) atoms. The van der Waals surface area contributed by atoms with Gasteiger partial charge in [0.15, 0.2) is 5.65 Å². The molecule has 0 unspecified atom stereocenters. The molecule has 0 bridgehead atoms. The van der Waals surface area contributed by atoms with E-state index in [4.69, 9.17) is 4.74 Å². The lowest BCUT2D eigenvalue weighted by molar-refractivity contribution is -0.116. The van der Waals surface area contributed by atoms with Crippen LogP contribution in [-0.2, 0) is 11.3 Å². The molecule has 0 saturated carbocycles. The minimum atomic E-state index is -0.363. The summed E-state index contributed by atoms with van der Waals surface area (Å²) in [7, 11) is 1.53. The van der Waals surface area contributed by atoms with Crippen LogP contribution in [0.3, 0.4) is 0 Å². The third-order valence-electron chi connectivity index (χ3n) is 4.89. The van der Waals surface area contributed by atoms with E-state index in [1.54, 1.807) is 37.3 Å². The summed E-state index contributed by atoms with van der Waals surface area (Å²) in [5.41, 5.74) is 1.25. The standard InChI is InChI=1S/C22H20FN5O3/c1-14-25-21-17(13-24-28(21)16-9-7-15(23)8-10-16)22(30)27(14)12-11-20(29)26-18-5-3-4-6-19(18)31-2/h3-10,13H,11-12H2,1-2H3,(H,26,29). The van der Waals surface area contributed by atoms with E-state index < -0.39 is 0 Å². The van der Waals surface area contributed by atoms with Crippen molar-refractivity contribution in [2.45, 2.75) is 19.9 Å². The van der Waals surface area contributed by atoms with E-state index in [9.17, 15) is 14.0 Å². The number of methoxy groups -OCH3 is 1. The molecule has 158 valence electrons. The number of carbonyl (C=O) groups is 1. The van der Waals surface area contributed by atoms with Crippen molar-refractivity contribution in [2.24, 2.45) is 0 Å². The monoisotopic (exact) mass is 421 g/mol. The average molecular weight is 421 g/mol. The summed E-state index contributed by atoms with van der Waals surface area (Å²) < 4.78 is 21.4. The second kappa shape index (κ2) is 8.39. The number of amides is 1. The zero-order valence-corrected chi connectivity index (χ0v) is 17.0. The molecule has 2 aromatic heterocycles. The van der Waals surface area contributed by atoms with E-state index in [1.807, 2.05) is 6.07 Å². The Labute approximate surface area is 176 Å². The molecule has 1 amide bonds. The highest BCUT2D eigenvalue weighted by Gasteiger charge is 2.15. The maximum absolute atomic E-state index is 13.2. The van der Waals surface area contributed by atoms with Crippen molar-refractivity contribution in [1.29, 1.82) is 0 Å². The second-order valence-corrected chi connectivity index (χ2v) is 6.88. The lowest BCUT2D eigenvalue weighted by Gasteiger charge is -2.12. The summed E-state index contributed by atoms with van der Waals surface area (Å²) in [4.78, 5) is 29.9. The van der Waals surface area contributed by atoms with Crippen LogP contribution in [0, 0.1) is 12.7 Å². The second-order valence-electron chi connectivity index (χ2n) is 6.88. The number of hydrogen-bond donors (Lipinski definition) is 1. The Morgan fingerprint density at radius 3 is 2.65 bits per heavy atom. The van der Waals surface area contributed by atoms with Crippen LogP contribution in [0.25, 0.3) is 16.7 Å². The fourth-order valence-corrected chi connectivity index (χ4v) is 3.31. The number of anilines is 1. The highest BCUT2D eigenvalue weighted by Crippen LogP contribution is 2.23. The number of aromatic nitrogens is 4. The smallest absolute Gasteiger partial charge is 0.264 e.